The van der Waals surface area contributed by atoms with Crippen LogP contribution in [-0.2, 0) is 5.75 Å². The van der Waals surface area contributed by atoms with Crippen LogP contribution in [0.4, 0.5) is 0 Å². The zero-order valence-electron chi connectivity index (χ0n) is 5.45. The van der Waals surface area contributed by atoms with E-state index in [1.54, 1.807) is 11.9 Å². The molecule has 0 bridgehead atoms. The highest BCUT2D eigenvalue weighted by Gasteiger charge is 2.02. The molecule has 50 valence electrons. The van der Waals surface area contributed by atoms with Crippen LogP contribution in [0.1, 0.15) is 11.1 Å². The number of fused-ring (bicyclic) bond motifs is 1. The Hall–Kier alpha value is -0.760. The molecular formula is C8H7NS. The van der Waals surface area contributed by atoms with Gasteiger partial charge in [0.1, 0.15) is 0 Å². The van der Waals surface area contributed by atoms with Crippen LogP contribution in [0.25, 0.3) is 0 Å². The van der Waals surface area contributed by atoms with Crippen molar-refractivity contribution >= 4 is 18.2 Å². The van der Waals surface area contributed by atoms with Crippen LogP contribution in [0.2, 0.25) is 0 Å². The largest absolute Gasteiger partial charge is 0.224 e. The van der Waals surface area contributed by atoms with Crippen molar-refractivity contribution in [2.75, 3.05) is 0 Å². The molecule has 0 atom stereocenters. The summed E-state index contributed by atoms with van der Waals surface area (Å²) < 4.78 is 4.11. The van der Waals surface area contributed by atoms with Crippen molar-refractivity contribution in [1.82, 2.24) is 0 Å². The zero-order valence-corrected chi connectivity index (χ0v) is 6.27. The second-order valence-corrected chi connectivity index (χ2v) is 2.96. The Bertz CT molecular complexity index is 268. The van der Waals surface area contributed by atoms with E-state index < -0.39 is 0 Å². The molecule has 0 radical (unpaired) electrons. The van der Waals surface area contributed by atoms with Gasteiger partial charge in [0.2, 0.25) is 0 Å². The molecule has 0 fully saturated rings. The molecule has 10 heavy (non-hydrogen) atoms. The van der Waals surface area contributed by atoms with Gasteiger partial charge in [-0.15, -0.1) is 0 Å². The van der Waals surface area contributed by atoms with Crippen molar-refractivity contribution < 1.29 is 0 Å². The Labute approximate surface area is 64.3 Å². The molecule has 0 aromatic heterocycles. The molecule has 1 aliphatic heterocycles. The van der Waals surface area contributed by atoms with Gasteiger partial charge in [0.05, 0.1) is 0 Å². The maximum absolute atomic E-state index is 4.11. The Morgan fingerprint density at radius 3 is 3.10 bits per heavy atom. The average Bonchev–Trinajstić information content (AvgIpc) is 2.05. The van der Waals surface area contributed by atoms with Crippen LogP contribution >= 0.6 is 11.9 Å². The summed E-state index contributed by atoms with van der Waals surface area (Å²) in [5.74, 6) is 1.02. The Balaban J connectivity index is 2.54. The van der Waals surface area contributed by atoms with E-state index in [-0.39, 0.29) is 0 Å². The Kier molecular flexibility index (Phi) is 1.47. The van der Waals surface area contributed by atoms with Crippen molar-refractivity contribution in [1.29, 1.82) is 0 Å². The van der Waals surface area contributed by atoms with E-state index in [2.05, 4.69) is 22.6 Å². The topological polar surface area (TPSA) is 12.4 Å². The van der Waals surface area contributed by atoms with Gasteiger partial charge >= 0.3 is 0 Å². The fraction of sp³-hybridized carbons (Fsp3) is 0.125. The molecule has 1 heterocycles. The summed E-state index contributed by atoms with van der Waals surface area (Å²) in [7, 11) is 0. The van der Waals surface area contributed by atoms with E-state index in [1.807, 2.05) is 12.3 Å². The molecule has 1 aliphatic rings. The normalized spacial score (nSPS) is 14.8. The first kappa shape index (κ1) is 5.98. The summed E-state index contributed by atoms with van der Waals surface area (Å²) in [5.41, 5.74) is 2.66. The highest BCUT2D eigenvalue weighted by atomic mass is 32.2. The lowest BCUT2D eigenvalue weighted by Gasteiger charge is -2.06. The predicted octanol–water partition coefficient (Wildman–Crippen LogP) is 2.27. The molecule has 0 amide bonds. The number of benzene rings is 1. The molecule has 1 aromatic carbocycles. The van der Waals surface area contributed by atoms with Crippen molar-refractivity contribution in [2.24, 2.45) is 4.40 Å². The molecule has 0 saturated heterocycles. The zero-order chi connectivity index (χ0) is 6.81. The fourth-order valence-electron chi connectivity index (χ4n) is 0.992. The lowest BCUT2D eigenvalue weighted by molar-refractivity contribution is 1.38. The van der Waals surface area contributed by atoms with E-state index in [0.29, 0.717) is 0 Å². The third-order valence-electron chi connectivity index (χ3n) is 1.54. The second-order valence-electron chi connectivity index (χ2n) is 2.21. The summed E-state index contributed by atoms with van der Waals surface area (Å²) in [4.78, 5) is 0. The van der Waals surface area contributed by atoms with E-state index in [4.69, 9.17) is 0 Å². The molecule has 0 unspecified atom stereocenters. The van der Waals surface area contributed by atoms with Crippen molar-refractivity contribution in [3.05, 3.63) is 35.4 Å². The Morgan fingerprint density at radius 1 is 1.30 bits per heavy atom. The summed E-state index contributed by atoms with van der Waals surface area (Å²) in [5, 5.41) is 0. The lowest BCUT2D eigenvalue weighted by atomic mass is 10.1. The predicted molar refractivity (Wildman–Crippen MR) is 45.3 cm³/mol. The average molecular weight is 149 g/mol. The molecular weight excluding hydrogens is 142 g/mol. The molecule has 0 spiro atoms. The Morgan fingerprint density at radius 2 is 2.20 bits per heavy atom. The minimum Gasteiger partial charge on any atom is -0.224 e. The third kappa shape index (κ3) is 0.948. The number of hydrogen-bond acceptors (Lipinski definition) is 2. The van der Waals surface area contributed by atoms with Gasteiger partial charge in [0.15, 0.2) is 0 Å². The SMILES string of the molecule is C1=NSCc2ccccc21. The van der Waals surface area contributed by atoms with Crippen LogP contribution in [0.5, 0.6) is 0 Å². The summed E-state index contributed by atoms with van der Waals surface area (Å²) >= 11 is 1.61. The van der Waals surface area contributed by atoms with Crippen LogP contribution in [0, 0.1) is 0 Å². The van der Waals surface area contributed by atoms with Crippen molar-refractivity contribution in [2.45, 2.75) is 5.75 Å². The van der Waals surface area contributed by atoms with Crippen molar-refractivity contribution in [3.63, 3.8) is 0 Å². The first-order valence-corrected chi connectivity index (χ1v) is 4.14. The molecule has 0 aliphatic carbocycles. The highest BCUT2D eigenvalue weighted by Crippen LogP contribution is 2.20. The number of rotatable bonds is 0. The third-order valence-corrected chi connectivity index (χ3v) is 2.24. The molecule has 2 rings (SSSR count). The first-order chi connectivity index (χ1) is 4.97. The summed E-state index contributed by atoms with van der Waals surface area (Å²) in [6, 6.07) is 8.35. The van der Waals surface area contributed by atoms with Gasteiger partial charge in [-0.25, -0.2) is 4.40 Å². The first-order valence-electron chi connectivity index (χ1n) is 3.20. The van der Waals surface area contributed by atoms with Crippen LogP contribution in [0.15, 0.2) is 28.7 Å². The van der Waals surface area contributed by atoms with Crippen molar-refractivity contribution in [3.8, 4) is 0 Å². The second kappa shape index (κ2) is 2.46. The highest BCUT2D eigenvalue weighted by molar-refractivity contribution is 7.97. The van der Waals surface area contributed by atoms with Crippen LogP contribution < -0.4 is 0 Å². The van der Waals surface area contributed by atoms with Gasteiger partial charge in [0, 0.05) is 12.0 Å². The van der Waals surface area contributed by atoms with Crippen LogP contribution in [-0.4, -0.2) is 6.21 Å². The summed E-state index contributed by atoms with van der Waals surface area (Å²) in [6.45, 7) is 0. The molecule has 1 aromatic rings. The number of nitrogens with zero attached hydrogens (tertiary/aromatic N) is 1. The van der Waals surface area contributed by atoms with Gasteiger partial charge in [-0.3, -0.25) is 0 Å². The van der Waals surface area contributed by atoms with Crippen LogP contribution in [0.3, 0.4) is 0 Å². The molecule has 0 N–H and O–H groups in total. The van der Waals surface area contributed by atoms with Gasteiger partial charge in [0.25, 0.3) is 0 Å². The minimum absolute atomic E-state index is 1.02. The lowest BCUT2D eigenvalue weighted by Crippen LogP contribution is -1.93. The summed E-state index contributed by atoms with van der Waals surface area (Å²) in [6.07, 6.45) is 1.92. The maximum atomic E-state index is 4.11. The van der Waals surface area contributed by atoms with Gasteiger partial charge in [-0.2, -0.15) is 0 Å². The van der Waals surface area contributed by atoms with E-state index in [1.165, 1.54) is 11.1 Å². The smallest absolute Gasteiger partial charge is 0.0427 e. The minimum atomic E-state index is 1.02. The maximum Gasteiger partial charge on any atom is 0.0427 e. The molecule has 2 heteroatoms. The fourth-order valence-corrected chi connectivity index (χ4v) is 1.66. The van der Waals surface area contributed by atoms with E-state index in [9.17, 15) is 0 Å². The monoisotopic (exact) mass is 149 g/mol. The quantitative estimate of drug-likeness (QED) is 0.515. The van der Waals surface area contributed by atoms with Gasteiger partial charge < -0.3 is 0 Å². The molecule has 0 saturated carbocycles. The van der Waals surface area contributed by atoms with Gasteiger partial charge in [-0.05, 0) is 23.1 Å². The van der Waals surface area contributed by atoms with Gasteiger partial charge in [-0.1, -0.05) is 24.3 Å². The number of hydrogen-bond donors (Lipinski definition) is 0. The standard InChI is InChI=1S/C8H7NS/c1-2-4-8-6-10-9-5-7(8)3-1/h1-5H,6H2. The van der Waals surface area contributed by atoms with E-state index >= 15 is 0 Å². The molecule has 1 nitrogen and oxygen atoms in total. The van der Waals surface area contributed by atoms with E-state index in [0.717, 1.165) is 5.75 Å².